The van der Waals surface area contributed by atoms with Crippen LogP contribution in [0.25, 0.3) is 16.9 Å². The number of hydrogen-bond acceptors (Lipinski definition) is 3. The van der Waals surface area contributed by atoms with Crippen molar-refractivity contribution in [2.45, 2.75) is 12.8 Å². The molecule has 3 aromatic heterocycles. The van der Waals surface area contributed by atoms with Crippen LogP contribution in [0.15, 0.2) is 47.3 Å². The lowest BCUT2D eigenvalue weighted by molar-refractivity contribution is 0.898. The number of nitriles is 1. The van der Waals surface area contributed by atoms with Crippen LogP contribution in [0.4, 0.5) is 0 Å². The molecule has 1 atom stereocenters. The number of nitrogens with zero attached hydrogens (tertiary/aromatic N) is 4. The van der Waals surface area contributed by atoms with Gasteiger partial charge in [-0.15, -0.1) is 0 Å². The number of imidazole rings is 1. The van der Waals surface area contributed by atoms with Gasteiger partial charge in [0.2, 0.25) is 0 Å². The van der Waals surface area contributed by atoms with Gasteiger partial charge in [-0.1, -0.05) is 0 Å². The van der Waals surface area contributed by atoms with Crippen molar-refractivity contribution in [1.29, 1.82) is 5.26 Å². The molecule has 0 fully saturated rings. The summed E-state index contributed by atoms with van der Waals surface area (Å²) < 4.78 is 2.91. The lowest BCUT2D eigenvalue weighted by Crippen LogP contribution is -1.98. The molecule has 3 rings (SSSR count). The summed E-state index contributed by atoms with van der Waals surface area (Å²) in [5.74, 6) is -0.255. The average Bonchev–Trinajstić information content (AvgIpc) is 2.86. The Balaban J connectivity index is 2.34. The van der Waals surface area contributed by atoms with E-state index in [1.165, 1.54) is 0 Å². The SMILES string of the molecule is CC(C#N)c1c(-c2cccnc2)nc2ccc(Br)cn12. The van der Waals surface area contributed by atoms with Gasteiger partial charge in [0, 0.05) is 28.6 Å². The third-order valence-corrected chi connectivity index (χ3v) is 3.63. The van der Waals surface area contributed by atoms with E-state index in [0.29, 0.717) is 0 Å². The third kappa shape index (κ3) is 2.08. The van der Waals surface area contributed by atoms with Crippen LogP contribution in [0.2, 0.25) is 0 Å². The first-order valence-corrected chi connectivity index (χ1v) is 6.97. The molecule has 98 valence electrons. The zero-order chi connectivity index (χ0) is 14.1. The molecule has 0 aliphatic heterocycles. The lowest BCUT2D eigenvalue weighted by atomic mass is 10.0. The van der Waals surface area contributed by atoms with Crippen molar-refractivity contribution < 1.29 is 0 Å². The summed E-state index contributed by atoms with van der Waals surface area (Å²) in [7, 11) is 0. The van der Waals surface area contributed by atoms with E-state index in [1.807, 2.05) is 41.8 Å². The molecule has 0 saturated carbocycles. The number of aromatic nitrogens is 3. The molecule has 5 heteroatoms. The van der Waals surface area contributed by atoms with E-state index in [9.17, 15) is 5.26 Å². The van der Waals surface area contributed by atoms with Crippen LogP contribution in [0.1, 0.15) is 18.5 Å². The van der Waals surface area contributed by atoms with E-state index in [2.05, 4.69) is 32.0 Å². The molecule has 3 heterocycles. The predicted molar refractivity (Wildman–Crippen MR) is 80.2 cm³/mol. The highest BCUT2D eigenvalue weighted by Crippen LogP contribution is 2.30. The van der Waals surface area contributed by atoms with Crippen molar-refractivity contribution in [2.24, 2.45) is 0 Å². The van der Waals surface area contributed by atoms with Gasteiger partial charge >= 0.3 is 0 Å². The number of pyridine rings is 2. The topological polar surface area (TPSA) is 54.0 Å². The number of fused-ring (bicyclic) bond motifs is 1. The fourth-order valence-corrected chi connectivity index (χ4v) is 2.56. The van der Waals surface area contributed by atoms with Crippen LogP contribution in [0.3, 0.4) is 0 Å². The van der Waals surface area contributed by atoms with Gasteiger partial charge in [0.15, 0.2) is 0 Å². The molecule has 0 spiro atoms. The fraction of sp³-hybridized carbons (Fsp3) is 0.133. The molecule has 1 unspecified atom stereocenters. The first kappa shape index (κ1) is 12.8. The van der Waals surface area contributed by atoms with Gasteiger partial charge in [0.1, 0.15) is 5.65 Å². The predicted octanol–water partition coefficient (Wildman–Crippen LogP) is 3.79. The summed E-state index contributed by atoms with van der Waals surface area (Å²) in [5, 5.41) is 9.29. The van der Waals surface area contributed by atoms with E-state index in [4.69, 9.17) is 0 Å². The molecule has 0 aromatic carbocycles. The molecule has 0 amide bonds. The monoisotopic (exact) mass is 326 g/mol. The number of rotatable bonds is 2. The van der Waals surface area contributed by atoms with Gasteiger partial charge in [0.05, 0.1) is 23.4 Å². The summed E-state index contributed by atoms with van der Waals surface area (Å²) >= 11 is 3.46. The minimum atomic E-state index is -0.255. The minimum Gasteiger partial charge on any atom is -0.301 e. The third-order valence-electron chi connectivity index (χ3n) is 3.16. The quantitative estimate of drug-likeness (QED) is 0.720. The van der Waals surface area contributed by atoms with Crippen molar-refractivity contribution in [3.63, 3.8) is 0 Å². The summed E-state index contributed by atoms with van der Waals surface area (Å²) in [6, 6.07) is 9.99. The van der Waals surface area contributed by atoms with Crippen molar-refractivity contribution >= 4 is 21.6 Å². The Morgan fingerprint density at radius 1 is 1.35 bits per heavy atom. The van der Waals surface area contributed by atoms with Gasteiger partial charge < -0.3 is 4.40 Å². The average molecular weight is 327 g/mol. The van der Waals surface area contributed by atoms with Crippen molar-refractivity contribution in [3.05, 3.63) is 53.0 Å². The molecule has 0 aliphatic carbocycles. The summed E-state index contributed by atoms with van der Waals surface area (Å²) in [6.45, 7) is 1.88. The first-order valence-electron chi connectivity index (χ1n) is 6.18. The van der Waals surface area contributed by atoms with Gasteiger partial charge in [-0.3, -0.25) is 4.98 Å². The summed E-state index contributed by atoms with van der Waals surface area (Å²) in [5.41, 5.74) is 3.44. The highest BCUT2D eigenvalue weighted by atomic mass is 79.9. The van der Waals surface area contributed by atoms with E-state index >= 15 is 0 Å². The molecular weight excluding hydrogens is 316 g/mol. The van der Waals surface area contributed by atoms with Crippen LogP contribution in [-0.4, -0.2) is 14.4 Å². The molecule has 20 heavy (non-hydrogen) atoms. The maximum absolute atomic E-state index is 9.29. The lowest BCUT2D eigenvalue weighted by Gasteiger charge is -2.06. The number of hydrogen-bond donors (Lipinski definition) is 0. The zero-order valence-corrected chi connectivity index (χ0v) is 12.4. The Bertz CT molecular complexity index is 802. The van der Waals surface area contributed by atoms with Crippen LogP contribution in [0.5, 0.6) is 0 Å². The van der Waals surface area contributed by atoms with Crippen molar-refractivity contribution in [1.82, 2.24) is 14.4 Å². The van der Waals surface area contributed by atoms with Gasteiger partial charge in [-0.05, 0) is 47.1 Å². The molecular formula is C15H11BrN4. The minimum absolute atomic E-state index is 0.255. The largest absolute Gasteiger partial charge is 0.301 e. The second-order valence-corrected chi connectivity index (χ2v) is 5.43. The van der Waals surface area contributed by atoms with Crippen LogP contribution in [-0.2, 0) is 0 Å². The summed E-state index contributed by atoms with van der Waals surface area (Å²) in [6.07, 6.45) is 5.43. The second kappa shape index (κ2) is 5.06. The van der Waals surface area contributed by atoms with Gasteiger partial charge in [0.25, 0.3) is 0 Å². The van der Waals surface area contributed by atoms with E-state index in [1.54, 1.807) is 12.4 Å². The zero-order valence-electron chi connectivity index (χ0n) is 10.8. The fourth-order valence-electron chi connectivity index (χ4n) is 2.23. The highest BCUT2D eigenvalue weighted by Gasteiger charge is 2.19. The maximum atomic E-state index is 9.29. The van der Waals surface area contributed by atoms with Crippen LogP contribution in [0, 0.1) is 11.3 Å². The smallest absolute Gasteiger partial charge is 0.137 e. The Hall–Kier alpha value is -2.19. The number of halogens is 1. The highest BCUT2D eigenvalue weighted by molar-refractivity contribution is 9.10. The Morgan fingerprint density at radius 3 is 2.90 bits per heavy atom. The van der Waals surface area contributed by atoms with Gasteiger partial charge in [-0.25, -0.2) is 4.98 Å². The molecule has 0 saturated heterocycles. The standard InChI is InChI=1S/C15H11BrN4/c1-10(7-17)15-14(11-3-2-6-18-8-11)19-13-5-4-12(16)9-20(13)15/h2-6,8-10H,1H3. The Labute approximate surface area is 124 Å². The Morgan fingerprint density at radius 2 is 2.20 bits per heavy atom. The molecule has 0 N–H and O–H groups in total. The van der Waals surface area contributed by atoms with E-state index in [-0.39, 0.29) is 5.92 Å². The van der Waals surface area contributed by atoms with Crippen molar-refractivity contribution in [2.75, 3.05) is 0 Å². The normalized spacial score (nSPS) is 12.2. The van der Waals surface area contributed by atoms with Crippen molar-refractivity contribution in [3.8, 4) is 17.3 Å². The molecule has 0 aliphatic rings. The van der Waals surface area contributed by atoms with E-state index in [0.717, 1.165) is 27.1 Å². The second-order valence-electron chi connectivity index (χ2n) is 4.51. The molecule has 3 aromatic rings. The Kier molecular flexibility index (Phi) is 3.25. The first-order chi connectivity index (χ1) is 9.70. The maximum Gasteiger partial charge on any atom is 0.137 e. The molecule has 0 radical (unpaired) electrons. The van der Waals surface area contributed by atoms with Gasteiger partial charge in [-0.2, -0.15) is 5.26 Å². The van der Waals surface area contributed by atoms with E-state index < -0.39 is 0 Å². The summed E-state index contributed by atoms with van der Waals surface area (Å²) in [4.78, 5) is 8.78. The molecule has 0 bridgehead atoms. The van der Waals surface area contributed by atoms with Crippen LogP contribution < -0.4 is 0 Å². The van der Waals surface area contributed by atoms with Crippen LogP contribution >= 0.6 is 15.9 Å². The molecule has 4 nitrogen and oxygen atoms in total.